The number of carbonyl (C=O) groups is 1. The maximum absolute atomic E-state index is 12.7. The molecule has 0 aliphatic carbocycles. The average molecular weight is 458 g/mol. The first-order valence-electron chi connectivity index (χ1n) is 11.0. The fourth-order valence-electron chi connectivity index (χ4n) is 3.49. The summed E-state index contributed by atoms with van der Waals surface area (Å²) >= 11 is 0. The highest BCUT2D eigenvalue weighted by molar-refractivity contribution is 5.87. The van der Waals surface area contributed by atoms with Crippen LogP contribution in [0.2, 0.25) is 0 Å². The van der Waals surface area contributed by atoms with Gasteiger partial charge >= 0.3 is 0 Å². The quantitative estimate of drug-likeness (QED) is 0.395. The van der Waals surface area contributed by atoms with E-state index in [2.05, 4.69) is 20.4 Å². The molecule has 8 heteroatoms. The largest absolute Gasteiger partial charge is 0.383 e. The summed E-state index contributed by atoms with van der Waals surface area (Å²) in [6.45, 7) is 6.45. The molecule has 4 aromatic rings. The van der Waals surface area contributed by atoms with Crippen LogP contribution in [0.4, 0.5) is 0 Å². The van der Waals surface area contributed by atoms with Gasteiger partial charge in [-0.15, -0.1) is 0 Å². The second-order valence-electron chi connectivity index (χ2n) is 8.44. The lowest BCUT2D eigenvalue weighted by Gasteiger charge is -2.23. The highest BCUT2D eigenvalue weighted by atomic mass is 16.5. The lowest BCUT2D eigenvalue weighted by atomic mass is 9.86. The number of hydrogen-bond donors (Lipinski definition) is 1. The van der Waals surface area contributed by atoms with E-state index in [4.69, 9.17) is 14.2 Å². The van der Waals surface area contributed by atoms with Crippen LogP contribution in [0.1, 0.15) is 25.2 Å². The Labute approximate surface area is 198 Å². The molecule has 1 amide bonds. The molecule has 0 radical (unpaired) electrons. The zero-order valence-electron chi connectivity index (χ0n) is 19.7. The minimum atomic E-state index is -0.833. The Kier molecular flexibility index (Phi) is 6.79. The predicted molar refractivity (Wildman–Crippen MR) is 129 cm³/mol. The van der Waals surface area contributed by atoms with Crippen molar-refractivity contribution < 1.29 is 14.1 Å². The molecule has 3 heterocycles. The molecule has 0 aliphatic rings. The van der Waals surface area contributed by atoms with E-state index in [0.29, 0.717) is 36.0 Å². The summed E-state index contributed by atoms with van der Waals surface area (Å²) in [4.78, 5) is 26.5. The fraction of sp³-hybridized carbons (Fsp3) is 0.269. The second kappa shape index (κ2) is 9.93. The molecule has 8 nitrogen and oxygen atoms in total. The monoisotopic (exact) mass is 457 g/mol. The van der Waals surface area contributed by atoms with Crippen LogP contribution in [0, 0.1) is 6.92 Å². The summed E-state index contributed by atoms with van der Waals surface area (Å²) in [5.74, 6) is 0.415. The molecule has 0 bridgehead atoms. The van der Waals surface area contributed by atoms with Gasteiger partial charge in [0.1, 0.15) is 11.4 Å². The third-order valence-electron chi connectivity index (χ3n) is 5.62. The molecular formula is C26H27N5O3. The number of hydrogen-bond acceptors (Lipinski definition) is 7. The summed E-state index contributed by atoms with van der Waals surface area (Å²) in [6.07, 6.45) is 3.39. The molecule has 1 N–H and O–H groups in total. The molecule has 4 rings (SSSR count). The summed E-state index contributed by atoms with van der Waals surface area (Å²) < 4.78 is 10.6. The number of aromatic nitrogens is 4. The molecular weight excluding hydrogens is 430 g/mol. The number of carbonyl (C=O) groups excluding carboxylic acids is 1. The van der Waals surface area contributed by atoms with E-state index >= 15 is 0 Å². The van der Waals surface area contributed by atoms with Gasteiger partial charge in [-0.2, -0.15) is 0 Å². The molecule has 174 valence electrons. The number of aryl methyl sites for hydroxylation is 1. The van der Waals surface area contributed by atoms with Crippen molar-refractivity contribution in [2.45, 2.75) is 26.2 Å². The molecule has 0 aliphatic heterocycles. The van der Waals surface area contributed by atoms with Gasteiger partial charge in [0, 0.05) is 37.0 Å². The van der Waals surface area contributed by atoms with Gasteiger partial charge < -0.3 is 14.6 Å². The molecule has 0 fully saturated rings. The average Bonchev–Trinajstić information content (AvgIpc) is 3.35. The molecule has 3 aromatic heterocycles. The number of benzene rings is 1. The van der Waals surface area contributed by atoms with Crippen molar-refractivity contribution in [1.29, 1.82) is 0 Å². The van der Waals surface area contributed by atoms with E-state index in [1.165, 1.54) is 0 Å². The Balaban J connectivity index is 1.64. The number of nitrogens with zero attached hydrogens (tertiary/aromatic N) is 4. The van der Waals surface area contributed by atoms with E-state index < -0.39 is 5.41 Å². The zero-order chi connectivity index (χ0) is 24.1. The Bertz CT molecular complexity index is 1280. The second-order valence-corrected chi connectivity index (χ2v) is 8.44. The summed E-state index contributed by atoms with van der Waals surface area (Å²) in [5, 5.41) is 7.08. The Hall–Kier alpha value is -3.91. The van der Waals surface area contributed by atoms with E-state index in [1.807, 2.05) is 69.3 Å². The fourth-order valence-corrected chi connectivity index (χ4v) is 3.49. The van der Waals surface area contributed by atoms with Gasteiger partial charge in [-0.05, 0) is 32.9 Å². The predicted octanol–water partition coefficient (Wildman–Crippen LogP) is 4.21. The van der Waals surface area contributed by atoms with Gasteiger partial charge in [-0.3, -0.25) is 14.8 Å². The number of methoxy groups -OCH3 is 1. The van der Waals surface area contributed by atoms with Crippen LogP contribution in [-0.4, -0.2) is 46.3 Å². The smallest absolute Gasteiger partial charge is 0.231 e. The molecule has 0 saturated carbocycles. The minimum absolute atomic E-state index is 0.125. The third-order valence-corrected chi connectivity index (χ3v) is 5.62. The van der Waals surface area contributed by atoms with Crippen LogP contribution >= 0.6 is 0 Å². The standard InChI is InChI=1S/C26H27N5O3/c1-17-24(22-15-20(31-34-22)18-8-6-5-7-9-18)30-21(16-29-17)19-10-11-27-23(14-19)26(2,3)25(32)28-12-13-33-4/h5-11,14-16H,12-13H2,1-4H3,(H,28,32). The molecule has 0 unspecified atom stereocenters. The van der Waals surface area contributed by atoms with E-state index in [9.17, 15) is 4.79 Å². The highest BCUT2D eigenvalue weighted by Gasteiger charge is 2.31. The first-order valence-corrected chi connectivity index (χ1v) is 11.0. The van der Waals surface area contributed by atoms with Crippen LogP contribution in [0.25, 0.3) is 34.0 Å². The Morgan fingerprint density at radius 3 is 2.62 bits per heavy atom. The van der Waals surface area contributed by atoms with Crippen molar-refractivity contribution in [3.63, 3.8) is 0 Å². The Morgan fingerprint density at radius 2 is 1.85 bits per heavy atom. The van der Waals surface area contributed by atoms with Gasteiger partial charge in [0.2, 0.25) is 5.91 Å². The summed E-state index contributed by atoms with van der Waals surface area (Å²) in [7, 11) is 1.60. The van der Waals surface area contributed by atoms with Gasteiger partial charge in [0.05, 0.1) is 35.3 Å². The van der Waals surface area contributed by atoms with Crippen LogP contribution in [-0.2, 0) is 14.9 Å². The first-order chi connectivity index (χ1) is 16.4. The van der Waals surface area contributed by atoms with Gasteiger partial charge in [-0.25, -0.2) is 4.98 Å². The lowest BCUT2D eigenvalue weighted by molar-refractivity contribution is -0.125. The van der Waals surface area contributed by atoms with E-state index in [0.717, 1.165) is 22.5 Å². The molecule has 34 heavy (non-hydrogen) atoms. The number of amides is 1. The topological polar surface area (TPSA) is 103 Å². The highest BCUT2D eigenvalue weighted by Crippen LogP contribution is 2.30. The van der Waals surface area contributed by atoms with Gasteiger partial charge in [0.15, 0.2) is 5.76 Å². The minimum Gasteiger partial charge on any atom is -0.383 e. The third kappa shape index (κ3) is 4.87. The normalized spacial score (nSPS) is 11.4. The van der Waals surface area contributed by atoms with Crippen LogP contribution < -0.4 is 5.32 Å². The lowest BCUT2D eigenvalue weighted by Crippen LogP contribution is -2.41. The van der Waals surface area contributed by atoms with Crippen LogP contribution in [0.3, 0.4) is 0 Å². The van der Waals surface area contributed by atoms with Crippen LogP contribution in [0.15, 0.2) is 65.4 Å². The van der Waals surface area contributed by atoms with Crippen molar-refractivity contribution in [3.8, 4) is 34.0 Å². The number of rotatable bonds is 8. The number of pyridine rings is 1. The molecule has 0 saturated heterocycles. The maximum Gasteiger partial charge on any atom is 0.231 e. The van der Waals surface area contributed by atoms with Crippen molar-refractivity contribution in [2.75, 3.05) is 20.3 Å². The van der Waals surface area contributed by atoms with Crippen molar-refractivity contribution in [3.05, 3.63) is 72.3 Å². The van der Waals surface area contributed by atoms with Gasteiger partial charge in [-0.1, -0.05) is 35.5 Å². The first kappa shape index (κ1) is 23.3. The molecule has 0 spiro atoms. The molecule has 0 atom stereocenters. The van der Waals surface area contributed by atoms with Crippen molar-refractivity contribution >= 4 is 5.91 Å². The van der Waals surface area contributed by atoms with Crippen LogP contribution in [0.5, 0.6) is 0 Å². The maximum atomic E-state index is 12.7. The zero-order valence-corrected chi connectivity index (χ0v) is 19.7. The molecule has 1 aromatic carbocycles. The number of nitrogens with one attached hydrogen (secondary N) is 1. The summed E-state index contributed by atoms with van der Waals surface area (Å²) in [5.41, 5.74) is 4.29. The summed E-state index contributed by atoms with van der Waals surface area (Å²) in [6, 6.07) is 15.4. The SMILES string of the molecule is COCCNC(=O)C(C)(C)c1cc(-c2cnc(C)c(-c3cc(-c4ccccc4)no3)n2)ccn1. The van der Waals surface area contributed by atoms with Gasteiger partial charge in [0.25, 0.3) is 0 Å². The van der Waals surface area contributed by atoms with E-state index in [1.54, 1.807) is 19.5 Å². The van der Waals surface area contributed by atoms with E-state index in [-0.39, 0.29) is 5.91 Å². The Morgan fingerprint density at radius 1 is 1.06 bits per heavy atom. The number of ether oxygens (including phenoxy) is 1. The van der Waals surface area contributed by atoms with Crippen molar-refractivity contribution in [1.82, 2.24) is 25.4 Å². The van der Waals surface area contributed by atoms with Crippen molar-refractivity contribution in [2.24, 2.45) is 0 Å².